The first-order valence-electron chi connectivity index (χ1n) is 10.9. The largest absolute Gasteiger partial charge is 0.369 e. The number of amides is 1. The molecular formula is C22H28N8O. The van der Waals surface area contributed by atoms with Crippen molar-refractivity contribution >= 4 is 34.4 Å². The first-order valence-corrected chi connectivity index (χ1v) is 10.9. The second kappa shape index (κ2) is 8.14. The topological polar surface area (TPSA) is 100 Å². The van der Waals surface area contributed by atoms with Gasteiger partial charge < -0.3 is 25.4 Å². The van der Waals surface area contributed by atoms with E-state index in [1.54, 1.807) is 6.20 Å². The zero-order chi connectivity index (χ0) is 21.4. The Morgan fingerprint density at radius 2 is 2.06 bits per heavy atom. The normalized spacial score (nSPS) is 19.3. The van der Waals surface area contributed by atoms with E-state index in [4.69, 9.17) is 4.98 Å². The lowest BCUT2D eigenvalue weighted by Gasteiger charge is -2.28. The summed E-state index contributed by atoms with van der Waals surface area (Å²) < 4.78 is 2.00. The van der Waals surface area contributed by atoms with Gasteiger partial charge in [0.15, 0.2) is 0 Å². The second-order valence-electron chi connectivity index (χ2n) is 8.55. The molecule has 0 bridgehead atoms. The van der Waals surface area contributed by atoms with Crippen LogP contribution < -0.4 is 20.9 Å². The summed E-state index contributed by atoms with van der Waals surface area (Å²) in [6.07, 6.45) is 4.78. The van der Waals surface area contributed by atoms with Crippen LogP contribution in [0.2, 0.25) is 0 Å². The molecule has 3 N–H and O–H groups in total. The van der Waals surface area contributed by atoms with Crippen LogP contribution in [0.15, 0.2) is 30.6 Å². The Morgan fingerprint density at radius 1 is 1.16 bits per heavy atom. The average molecular weight is 421 g/mol. The molecule has 162 valence electrons. The number of nitrogens with zero attached hydrogens (tertiary/aromatic N) is 5. The maximum Gasteiger partial charge on any atom is 0.268 e. The lowest BCUT2D eigenvalue weighted by molar-refractivity contribution is 0.0885. The van der Waals surface area contributed by atoms with Crippen LogP contribution in [0.3, 0.4) is 0 Å². The highest BCUT2D eigenvalue weighted by Gasteiger charge is 2.28. The highest BCUT2D eigenvalue weighted by Crippen LogP contribution is 2.25. The molecular weight excluding hydrogens is 392 g/mol. The molecule has 2 aliphatic rings. The fraction of sp³-hybridized carbons (Fsp3) is 0.455. The molecule has 0 saturated carbocycles. The summed E-state index contributed by atoms with van der Waals surface area (Å²) in [7, 11) is 0. The summed E-state index contributed by atoms with van der Waals surface area (Å²) >= 11 is 0. The van der Waals surface area contributed by atoms with Gasteiger partial charge in [0, 0.05) is 43.8 Å². The van der Waals surface area contributed by atoms with E-state index < -0.39 is 0 Å². The monoisotopic (exact) mass is 420 g/mol. The Bertz CT molecular complexity index is 1080. The number of rotatable bonds is 4. The third kappa shape index (κ3) is 3.93. The molecule has 1 fully saturated rings. The van der Waals surface area contributed by atoms with Crippen molar-refractivity contribution in [1.82, 2.24) is 30.2 Å². The van der Waals surface area contributed by atoms with E-state index in [0.29, 0.717) is 29.9 Å². The van der Waals surface area contributed by atoms with Gasteiger partial charge in [-0.2, -0.15) is 4.98 Å². The van der Waals surface area contributed by atoms with Crippen molar-refractivity contribution in [3.05, 3.63) is 36.3 Å². The number of anilines is 3. The van der Waals surface area contributed by atoms with Gasteiger partial charge in [0.05, 0.1) is 11.9 Å². The van der Waals surface area contributed by atoms with E-state index in [-0.39, 0.29) is 11.9 Å². The van der Waals surface area contributed by atoms with Crippen molar-refractivity contribution < 1.29 is 4.79 Å². The van der Waals surface area contributed by atoms with Crippen molar-refractivity contribution in [2.45, 2.75) is 32.9 Å². The predicted molar refractivity (Wildman–Crippen MR) is 121 cm³/mol. The standard InChI is InChI=1S/C22H28N8O/c1-14(2)17-13-30-18(21(31)26-17)10-15-11-25-22(28-20(15)30)27-19-5-4-16(12-24-19)29-8-3-6-23-7-9-29/h4-5,10-12,14,17,23H,3,6-9,13H2,1-2H3,(H,26,31)(H,24,25,27,28)/t17-/m0/s1. The van der Waals surface area contributed by atoms with Gasteiger partial charge in [-0.15, -0.1) is 0 Å². The minimum absolute atomic E-state index is 0.0570. The molecule has 5 heterocycles. The predicted octanol–water partition coefficient (Wildman–Crippen LogP) is 2.14. The van der Waals surface area contributed by atoms with Gasteiger partial charge >= 0.3 is 0 Å². The summed E-state index contributed by atoms with van der Waals surface area (Å²) in [5, 5.41) is 10.6. The van der Waals surface area contributed by atoms with Crippen molar-refractivity contribution in [1.29, 1.82) is 0 Å². The van der Waals surface area contributed by atoms with E-state index >= 15 is 0 Å². The summed E-state index contributed by atoms with van der Waals surface area (Å²) in [6, 6.07) is 5.98. The van der Waals surface area contributed by atoms with Crippen molar-refractivity contribution in [2.24, 2.45) is 5.92 Å². The molecule has 1 saturated heterocycles. The van der Waals surface area contributed by atoms with E-state index in [1.807, 2.05) is 22.9 Å². The Kier molecular flexibility index (Phi) is 5.19. The number of hydrogen-bond acceptors (Lipinski definition) is 7. The molecule has 2 aliphatic heterocycles. The third-order valence-corrected chi connectivity index (χ3v) is 6.06. The lowest BCUT2D eigenvalue weighted by Crippen LogP contribution is -2.46. The smallest absolute Gasteiger partial charge is 0.268 e. The van der Waals surface area contributed by atoms with E-state index in [0.717, 1.165) is 49.3 Å². The molecule has 0 aliphatic carbocycles. The van der Waals surface area contributed by atoms with E-state index in [2.05, 4.69) is 50.7 Å². The highest BCUT2D eigenvalue weighted by molar-refractivity contribution is 5.98. The molecule has 0 aromatic carbocycles. The number of fused-ring (bicyclic) bond motifs is 3. The number of nitrogens with one attached hydrogen (secondary N) is 3. The molecule has 0 spiro atoms. The fourth-order valence-corrected chi connectivity index (χ4v) is 4.20. The van der Waals surface area contributed by atoms with E-state index in [1.165, 1.54) is 0 Å². The molecule has 31 heavy (non-hydrogen) atoms. The Labute approximate surface area is 181 Å². The first-order chi connectivity index (χ1) is 15.1. The highest BCUT2D eigenvalue weighted by atomic mass is 16.2. The van der Waals surface area contributed by atoms with Gasteiger partial charge in [-0.05, 0) is 37.1 Å². The maximum atomic E-state index is 12.5. The van der Waals surface area contributed by atoms with Gasteiger partial charge in [-0.25, -0.2) is 9.97 Å². The van der Waals surface area contributed by atoms with Crippen molar-refractivity contribution in [2.75, 3.05) is 36.4 Å². The summed E-state index contributed by atoms with van der Waals surface area (Å²) in [5.41, 5.74) is 2.52. The van der Waals surface area contributed by atoms with Crippen LogP contribution in [-0.4, -0.2) is 57.6 Å². The van der Waals surface area contributed by atoms with Crippen molar-refractivity contribution in [3.8, 4) is 0 Å². The van der Waals surface area contributed by atoms with Crippen LogP contribution in [0.1, 0.15) is 30.8 Å². The number of pyridine rings is 1. The van der Waals surface area contributed by atoms with Gasteiger partial charge in [-0.3, -0.25) is 4.79 Å². The second-order valence-corrected chi connectivity index (χ2v) is 8.55. The summed E-state index contributed by atoms with van der Waals surface area (Å²) in [5.74, 6) is 1.45. The molecule has 3 aromatic rings. The summed E-state index contributed by atoms with van der Waals surface area (Å²) in [4.78, 5) is 28.5. The quantitative estimate of drug-likeness (QED) is 0.595. The maximum absolute atomic E-state index is 12.5. The van der Waals surface area contributed by atoms with Crippen LogP contribution in [0, 0.1) is 5.92 Å². The van der Waals surface area contributed by atoms with Crippen LogP contribution in [0.5, 0.6) is 0 Å². The number of carbonyl (C=O) groups is 1. The van der Waals surface area contributed by atoms with Gasteiger partial charge in [-0.1, -0.05) is 13.8 Å². The minimum Gasteiger partial charge on any atom is -0.369 e. The van der Waals surface area contributed by atoms with Crippen LogP contribution in [0.25, 0.3) is 11.0 Å². The fourth-order valence-electron chi connectivity index (χ4n) is 4.20. The third-order valence-electron chi connectivity index (χ3n) is 6.06. The molecule has 0 unspecified atom stereocenters. The van der Waals surface area contributed by atoms with Gasteiger partial charge in [0.1, 0.15) is 17.2 Å². The SMILES string of the molecule is CC(C)[C@@H]1Cn2c(cc3cnc(Nc4ccc(N5CCCNCC5)cn4)nc32)C(=O)N1. The lowest BCUT2D eigenvalue weighted by atomic mass is 10.0. The number of hydrogen-bond donors (Lipinski definition) is 3. The zero-order valence-electron chi connectivity index (χ0n) is 17.9. The average Bonchev–Trinajstić information content (AvgIpc) is 2.94. The number of aromatic nitrogens is 4. The number of carbonyl (C=O) groups excluding carboxylic acids is 1. The molecule has 0 radical (unpaired) electrons. The molecule has 3 aromatic heterocycles. The minimum atomic E-state index is -0.0570. The molecule has 5 rings (SSSR count). The Hall–Kier alpha value is -3.20. The molecule has 9 nitrogen and oxygen atoms in total. The van der Waals surface area contributed by atoms with Crippen LogP contribution in [-0.2, 0) is 6.54 Å². The van der Waals surface area contributed by atoms with Gasteiger partial charge in [0.2, 0.25) is 5.95 Å². The Morgan fingerprint density at radius 3 is 2.87 bits per heavy atom. The van der Waals surface area contributed by atoms with Crippen molar-refractivity contribution in [3.63, 3.8) is 0 Å². The molecule has 1 amide bonds. The Balaban J connectivity index is 1.37. The zero-order valence-corrected chi connectivity index (χ0v) is 17.9. The first kappa shape index (κ1) is 19.7. The summed E-state index contributed by atoms with van der Waals surface area (Å²) in [6.45, 7) is 9.00. The van der Waals surface area contributed by atoms with Crippen LogP contribution >= 0.6 is 0 Å². The molecule has 9 heteroatoms. The van der Waals surface area contributed by atoms with Gasteiger partial charge in [0.25, 0.3) is 5.91 Å². The van der Waals surface area contributed by atoms with E-state index in [9.17, 15) is 4.79 Å². The van der Waals surface area contributed by atoms with Crippen LogP contribution in [0.4, 0.5) is 17.5 Å². The molecule has 1 atom stereocenters.